The Bertz CT molecular complexity index is 2380. The van der Waals surface area contributed by atoms with E-state index in [-0.39, 0.29) is 7.12 Å². The summed E-state index contributed by atoms with van der Waals surface area (Å²) in [5, 5.41) is 0. The van der Waals surface area contributed by atoms with E-state index in [1.807, 2.05) is 0 Å². The number of anilines is 6. The lowest BCUT2D eigenvalue weighted by Crippen LogP contribution is -2.51. The summed E-state index contributed by atoms with van der Waals surface area (Å²) in [5.41, 5.74) is 12.5. The lowest BCUT2D eigenvalue weighted by molar-refractivity contribution is 1.11. The summed E-state index contributed by atoms with van der Waals surface area (Å²) in [7, 11) is -0.0992. The van der Waals surface area contributed by atoms with Gasteiger partial charge in [0, 0.05) is 11.4 Å². The number of fused-ring (bicyclic) bond motifs is 10. The van der Waals surface area contributed by atoms with Crippen LogP contribution in [0.3, 0.4) is 0 Å². The van der Waals surface area contributed by atoms with Crippen LogP contribution < -0.4 is 14.4 Å². The van der Waals surface area contributed by atoms with Crippen LogP contribution in [0.2, 0.25) is 0 Å². The third kappa shape index (κ3) is 3.07. The number of rotatable bonds is 3. The predicted octanol–water partition coefficient (Wildman–Crippen LogP) is 8.86. The Morgan fingerprint density at radius 3 is 1.66 bits per heavy atom. The average Bonchev–Trinajstić information content (AvgIpc) is 3.80. The largest absolute Gasteiger partial charge is 0.519 e. The van der Waals surface area contributed by atoms with Crippen LogP contribution in [-0.2, 0) is 0 Å². The molecular weight excluding hydrogens is 539 g/mol. The zero-order valence-electron chi connectivity index (χ0n) is 23.7. The number of hydrogen-bond donors (Lipinski definition) is 0. The zero-order chi connectivity index (χ0) is 28.8. The average molecular weight is 564 g/mol. The van der Waals surface area contributed by atoms with Crippen molar-refractivity contribution in [1.29, 1.82) is 0 Å². The van der Waals surface area contributed by atoms with Crippen LogP contribution in [0.1, 0.15) is 0 Å². The van der Waals surface area contributed by atoms with Crippen molar-refractivity contribution < 1.29 is 0 Å². The van der Waals surface area contributed by atoms with E-state index in [4.69, 9.17) is 4.98 Å². The molecule has 2 aromatic heterocycles. The van der Waals surface area contributed by atoms with Crippen molar-refractivity contribution in [1.82, 2.24) is 14.0 Å². The van der Waals surface area contributed by atoms with Crippen LogP contribution in [-0.4, -0.2) is 21.1 Å². The quantitative estimate of drug-likeness (QED) is 0.201. The predicted molar refractivity (Wildman–Crippen MR) is 181 cm³/mol. The summed E-state index contributed by atoms with van der Waals surface area (Å²) in [6.07, 6.45) is 0. The molecule has 2 aliphatic heterocycles. The van der Waals surface area contributed by atoms with Crippen LogP contribution >= 0.6 is 0 Å². The molecule has 10 rings (SSSR count). The van der Waals surface area contributed by atoms with Gasteiger partial charge in [0.15, 0.2) is 0 Å². The van der Waals surface area contributed by atoms with Crippen molar-refractivity contribution in [3.05, 3.63) is 152 Å². The molecule has 0 N–H and O–H groups in total. The first-order valence-electron chi connectivity index (χ1n) is 14.9. The van der Waals surface area contributed by atoms with E-state index >= 15 is 0 Å². The van der Waals surface area contributed by atoms with Crippen LogP contribution in [0.15, 0.2) is 152 Å². The van der Waals surface area contributed by atoms with E-state index in [0.29, 0.717) is 0 Å². The summed E-state index contributed by atoms with van der Waals surface area (Å²) >= 11 is 0. The lowest BCUT2D eigenvalue weighted by Gasteiger charge is -2.31. The molecule has 7 heteroatoms. The summed E-state index contributed by atoms with van der Waals surface area (Å²) in [5.74, 6) is 0.909. The molecule has 0 bridgehead atoms. The Morgan fingerprint density at radius 2 is 0.932 bits per heavy atom. The van der Waals surface area contributed by atoms with E-state index in [2.05, 4.69) is 175 Å². The van der Waals surface area contributed by atoms with Gasteiger partial charge in [-0.25, -0.2) is 4.98 Å². The minimum absolute atomic E-state index is 0.0992. The summed E-state index contributed by atoms with van der Waals surface area (Å²) in [4.78, 5) is 12.5. The highest BCUT2D eigenvalue weighted by Crippen LogP contribution is 2.55. The molecule has 6 nitrogen and oxygen atoms in total. The molecule has 0 saturated carbocycles. The van der Waals surface area contributed by atoms with Crippen molar-refractivity contribution in [3.63, 3.8) is 0 Å². The lowest BCUT2D eigenvalue weighted by atomic mass is 9.86. The minimum atomic E-state index is -0.0992. The highest BCUT2D eigenvalue weighted by atomic mass is 15.4. The van der Waals surface area contributed by atoms with Gasteiger partial charge < -0.3 is 14.4 Å². The number of imidazole rings is 2. The maximum atomic E-state index is 5.12. The highest BCUT2D eigenvalue weighted by molar-refractivity contribution is 6.80. The maximum absolute atomic E-state index is 5.12. The Kier molecular flexibility index (Phi) is 4.71. The van der Waals surface area contributed by atoms with Gasteiger partial charge in [-0.15, -0.1) is 0 Å². The Balaban J connectivity index is 1.21. The van der Waals surface area contributed by atoms with E-state index in [1.54, 1.807) is 0 Å². The molecule has 0 aliphatic carbocycles. The van der Waals surface area contributed by atoms with Gasteiger partial charge in [-0.1, -0.05) is 72.8 Å². The molecule has 0 atom stereocenters. The van der Waals surface area contributed by atoms with Crippen molar-refractivity contribution in [3.8, 4) is 5.69 Å². The molecule has 0 amide bonds. The molecule has 44 heavy (non-hydrogen) atoms. The zero-order valence-corrected chi connectivity index (χ0v) is 23.7. The highest BCUT2D eigenvalue weighted by Gasteiger charge is 2.53. The SMILES string of the molecule is c1ccc(N2B3N(c4cccc(-n5c6ccccc6n6c7ccccc7nc56)c4)c4ccccc4N3c3ccccc32)cc1. The van der Waals surface area contributed by atoms with Gasteiger partial charge in [0.25, 0.3) is 0 Å². The molecule has 6 aromatic carbocycles. The molecular formula is C37H25BN6. The van der Waals surface area contributed by atoms with Crippen LogP contribution in [0.4, 0.5) is 34.1 Å². The van der Waals surface area contributed by atoms with E-state index < -0.39 is 0 Å². The monoisotopic (exact) mass is 564 g/mol. The number of aromatic nitrogens is 3. The fourth-order valence-electron chi connectivity index (χ4n) is 7.24. The van der Waals surface area contributed by atoms with Crippen molar-refractivity contribution in [2.24, 2.45) is 0 Å². The van der Waals surface area contributed by atoms with E-state index in [0.717, 1.165) is 44.9 Å². The molecule has 2 aliphatic rings. The Morgan fingerprint density at radius 1 is 0.409 bits per heavy atom. The molecule has 0 spiro atoms. The molecule has 0 fully saturated rings. The van der Waals surface area contributed by atoms with Crippen LogP contribution in [0.25, 0.3) is 33.5 Å². The number of nitrogens with zero attached hydrogens (tertiary/aromatic N) is 6. The minimum Gasteiger partial charge on any atom is -0.344 e. The smallest absolute Gasteiger partial charge is 0.344 e. The molecule has 0 unspecified atom stereocenters. The fraction of sp³-hybridized carbons (Fsp3) is 0. The van der Waals surface area contributed by atoms with Gasteiger partial charge >= 0.3 is 7.12 Å². The number of hydrogen-bond acceptors (Lipinski definition) is 4. The van der Waals surface area contributed by atoms with Gasteiger partial charge in [-0.05, 0) is 78.9 Å². The topological polar surface area (TPSA) is 32.0 Å². The van der Waals surface area contributed by atoms with E-state index in [9.17, 15) is 0 Å². The molecule has 0 saturated heterocycles. The van der Waals surface area contributed by atoms with Gasteiger partial charge in [-0.2, -0.15) is 0 Å². The van der Waals surface area contributed by atoms with Crippen LogP contribution in [0, 0.1) is 0 Å². The van der Waals surface area contributed by atoms with Gasteiger partial charge in [0.1, 0.15) is 0 Å². The third-order valence-corrected chi connectivity index (χ3v) is 9.00. The van der Waals surface area contributed by atoms with Crippen molar-refractivity contribution in [2.45, 2.75) is 0 Å². The second-order valence-electron chi connectivity index (χ2n) is 11.3. The van der Waals surface area contributed by atoms with Gasteiger partial charge in [0.05, 0.1) is 50.5 Å². The normalized spacial score (nSPS) is 13.7. The Labute approximate surface area is 254 Å². The molecule has 206 valence electrons. The maximum Gasteiger partial charge on any atom is 0.519 e. The number of benzene rings is 6. The first-order valence-corrected chi connectivity index (χ1v) is 14.9. The fourth-order valence-corrected chi connectivity index (χ4v) is 7.24. The summed E-state index contributed by atoms with van der Waals surface area (Å²) in [6, 6.07) is 54.0. The van der Waals surface area contributed by atoms with Crippen molar-refractivity contribution >= 4 is 69.1 Å². The third-order valence-electron chi connectivity index (χ3n) is 9.00. The second kappa shape index (κ2) is 8.78. The van der Waals surface area contributed by atoms with E-state index in [1.165, 1.54) is 22.7 Å². The van der Waals surface area contributed by atoms with Crippen molar-refractivity contribution in [2.75, 3.05) is 14.4 Å². The first kappa shape index (κ1) is 23.6. The Hall–Kier alpha value is -5.95. The molecule has 8 aromatic rings. The van der Waals surface area contributed by atoms with Crippen LogP contribution in [0.5, 0.6) is 0 Å². The molecule has 4 heterocycles. The summed E-state index contributed by atoms with van der Waals surface area (Å²) < 4.78 is 4.56. The number of para-hydroxylation sites is 9. The van der Waals surface area contributed by atoms with Gasteiger partial charge in [0.2, 0.25) is 5.78 Å². The standard InChI is InChI=1S/C37H25BN6/c1-2-13-26(14-3-1)42-33-21-8-10-23-35(33)44-36-24-11-9-22-34(36)43(38(42)44)28-16-12-15-27(25-28)40-31-19-6-7-20-32(31)41-30-18-5-4-17-29(30)39-37(40)41/h1-25H. The molecule has 0 radical (unpaired) electrons. The first-order chi connectivity index (χ1) is 21.9. The summed E-state index contributed by atoms with van der Waals surface area (Å²) in [6.45, 7) is 0. The van der Waals surface area contributed by atoms with Gasteiger partial charge in [-0.3, -0.25) is 8.97 Å². The second-order valence-corrected chi connectivity index (χ2v) is 11.3.